The van der Waals surface area contributed by atoms with E-state index in [0.29, 0.717) is 31.1 Å². The zero-order valence-corrected chi connectivity index (χ0v) is 28.8. The number of aryl methyl sites for hydroxylation is 1. The molecule has 0 aliphatic carbocycles. The SMILES string of the molecule is O=S(=O)(/N=C(/[O-])CCc1ccccc1-c1ccc(OCCCOc2cccc(/C=C/c3ccc4ccc(Cl)cc4n3)c2)cc1)c1cccs1. The quantitative estimate of drug-likeness (QED) is 0.0638. The predicted octanol–water partition coefficient (Wildman–Crippen LogP) is 8.72. The number of hydrogen-bond acceptors (Lipinski definition) is 7. The molecule has 0 unspecified atom stereocenters. The molecule has 10 heteroatoms. The number of ether oxygens (including phenoxy) is 2. The van der Waals surface area contributed by atoms with Gasteiger partial charge in [0.1, 0.15) is 15.7 Å². The molecule has 0 amide bonds. The lowest BCUT2D eigenvalue weighted by molar-refractivity contribution is -0.218. The van der Waals surface area contributed by atoms with Crippen LogP contribution in [0.1, 0.15) is 29.7 Å². The maximum Gasteiger partial charge on any atom is 0.290 e. The van der Waals surface area contributed by atoms with Crippen molar-refractivity contribution < 1.29 is 23.0 Å². The van der Waals surface area contributed by atoms with E-state index < -0.39 is 15.9 Å². The fourth-order valence-corrected chi connectivity index (χ4v) is 7.23. The molecule has 0 radical (unpaired) electrons. The highest BCUT2D eigenvalue weighted by Gasteiger charge is 2.13. The Morgan fingerprint density at radius 3 is 2.45 bits per heavy atom. The van der Waals surface area contributed by atoms with Crippen LogP contribution in [-0.4, -0.2) is 32.5 Å². The van der Waals surface area contributed by atoms with Gasteiger partial charge in [-0.1, -0.05) is 84.4 Å². The van der Waals surface area contributed by atoms with Gasteiger partial charge in [-0.25, -0.2) is 4.98 Å². The summed E-state index contributed by atoms with van der Waals surface area (Å²) in [6.45, 7) is 0.998. The van der Waals surface area contributed by atoms with Gasteiger partial charge in [-0.15, -0.1) is 11.3 Å². The fraction of sp³-hybridized carbons (Fsp3) is 0.128. The predicted molar refractivity (Wildman–Crippen MR) is 197 cm³/mol. The minimum atomic E-state index is -3.97. The third-order valence-electron chi connectivity index (χ3n) is 7.57. The van der Waals surface area contributed by atoms with Crippen molar-refractivity contribution in [3.8, 4) is 22.6 Å². The monoisotopic (exact) mass is 707 g/mol. The van der Waals surface area contributed by atoms with E-state index in [2.05, 4.69) is 9.38 Å². The number of sulfonamides is 1. The van der Waals surface area contributed by atoms with Gasteiger partial charge in [-0.05, 0) is 101 Å². The molecule has 0 saturated carbocycles. The minimum Gasteiger partial charge on any atom is -0.861 e. The topological polar surface area (TPSA) is 101 Å². The standard InChI is InChI=1S/C39H33ClN2O5S2/c40-32-17-12-31-13-19-33(41-37(31)27-32)18-11-28-6-3-8-35(26-28)47-24-5-23-46-34-20-14-30(15-21-34)36-9-2-1-7-29(36)16-22-38(43)42-49(44,45)39-10-4-25-48-39/h1-4,6-15,17-21,25-27H,5,16,22-24H2,(H,42,43)/p-1/b18-11+. The van der Waals surface area contributed by atoms with Crippen LogP contribution in [0.2, 0.25) is 5.02 Å². The first kappa shape index (κ1) is 33.9. The smallest absolute Gasteiger partial charge is 0.290 e. The van der Waals surface area contributed by atoms with E-state index >= 15 is 0 Å². The van der Waals surface area contributed by atoms with E-state index in [9.17, 15) is 13.5 Å². The van der Waals surface area contributed by atoms with Crippen LogP contribution in [0.4, 0.5) is 0 Å². The lowest BCUT2D eigenvalue weighted by Gasteiger charge is -2.14. The van der Waals surface area contributed by atoms with Gasteiger partial charge in [-0.2, -0.15) is 12.8 Å². The van der Waals surface area contributed by atoms with Crippen molar-refractivity contribution in [1.29, 1.82) is 0 Å². The van der Waals surface area contributed by atoms with E-state index in [4.69, 9.17) is 21.1 Å². The van der Waals surface area contributed by atoms with Gasteiger partial charge in [0.25, 0.3) is 10.0 Å². The molecule has 0 N–H and O–H groups in total. The van der Waals surface area contributed by atoms with Crippen LogP contribution >= 0.6 is 22.9 Å². The summed E-state index contributed by atoms with van der Waals surface area (Å²) >= 11 is 7.16. The van der Waals surface area contributed by atoms with Crippen molar-refractivity contribution in [2.24, 2.45) is 4.40 Å². The highest BCUT2D eigenvalue weighted by atomic mass is 35.5. The summed E-state index contributed by atoms with van der Waals surface area (Å²) in [6.07, 6.45) is 5.04. The number of pyridine rings is 1. The fourth-order valence-electron chi connectivity index (χ4n) is 5.15. The Labute approximate surface area is 294 Å². The third kappa shape index (κ3) is 9.35. The summed E-state index contributed by atoms with van der Waals surface area (Å²) in [5, 5.41) is 15.7. The highest BCUT2D eigenvalue weighted by molar-refractivity contribution is 7.92. The average Bonchev–Trinajstić information content (AvgIpc) is 3.67. The van der Waals surface area contributed by atoms with Crippen LogP contribution < -0.4 is 14.6 Å². The first-order valence-electron chi connectivity index (χ1n) is 15.7. The molecule has 0 fully saturated rings. The molecule has 0 saturated heterocycles. The van der Waals surface area contributed by atoms with E-state index in [1.807, 2.05) is 115 Å². The molecule has 0 aliphatic rings. The van der Waals surface area contributed by atoms with Crippen molar-refractivity contribution in [2.75, 3.05) is 13.2 Å². The summed E-state index contributed by atoms with van der Waals surface area (Å²) in [7, 11) is -3.97. The number of benzene rings is 4. The van der Waals surface area contributed by atoms with Gasteiger partial charge in [-0.3, -0.25) is 0 Å². The van der Waals surface area contributed by atoms with Crippen LogP contribution in [0, 0.1) is 0 Å². The molecule has 2 heterocycles. The molecular formula is C39H32ClN2O5S2-. The second-order valence-corrected chi connectivity index (χ2v) is 14.3. The molecule has 6 aromatic rings. The molecule has 4 aromatic carbocycles. The number of hydrogen-bond donors (Lipinski definition) is 0. The second-order valence-electron chi connectivity index (χ2n) is 11.1. The Kier molecular flexibility index (Phi) is 11.0. The lowest BCUT2D eigenvalue weighted by Crippen LogP contribution is -2.20. The molecular weight excluding hydrogens is 676 g/mol. The third-order valence-corrected chi connectivity index (χ3v) is 10.5. The maximum atomic E-state index is 12.4. The summed E-state index contributed by atoms with van der Waals surface area (Å²) in [5.41, 5.74) is 5.57. The number of fused-ring (bicyclic) bond motifs is 1. The Balaban J connectivity index is 0.971. The maximum absolute atomic E-state index is 12.4. The molecule has 0 bridgehead atoms. The van der Waals surface area contributed by atoms with Crippen LogP contribution in [0.25, 0.3) is 34.2 Å². The van der Waals surface area contributed by atoms with Gasteiger partial charge in [0.05, 0.1) is 24.4 Å². The van der Waals surface area contributed by atoms with Crippen molar-refractivity contribution in [2.45, 2.75) is 23.5 Å². The van der Waals surface area contributed by atoms with Crippen LogP contribution in [0.3, 0.4) is 0 Å². The molecule has 49 heavy (non-hydrogen) atoms. The van der Waals surface area contributed by atoms with Crippen LogP contribution in [-0.2, 0) is 16.4 Å². The zero-order valence-electron chi connectivity index (χ0n) is 26.4. The number of nitrogens with zero attached hydrogens (tertiary/aromatic N) is 2. The zero-order chi connectivity index (χ0) is 34.1. The first-order valence-corrected chi connectivity index (χ1v) is 18.3. The summed E-state index contributed by atoms with van der Waals surface area (Å²) in [5.74, 6) is 0.857. The number of rotatable bonds is 14. The minimum absolute atomic E-state index is 0.00918. The Morgan fingerprint density at radius 1 is 0.837 bits per heavy atom. The molecule has 6 rings (SSSR count). The van der Waals surface area contributed by atoms with Crippen molar-refractivity contribution >= 4 is 61.9 Å². The first-order chi connectivity index (χ1) is 23.8. The van der Waals surface area contributed by atoms with Crippen LogP contribution in [0.5, 0.6) is 11.5 Å². The van der Waals surface area contributed by atoms with Gasteiger partial charge >= 0.3 is 0 Å². The van der Waals surface area contributed by atoms with E-state index in [1.54, 1.807) is 11.4 Å². The number of thiophene rings is 1. The normalized spacial score (nSPS) is 12.1. The van der Waals surface area contributed by atoms with Crippen molar-refractivity contribution in [1.82, 2.24) is 4.98 Å². The lowest BCUT2D eigenvalue weighted by atomic mass is 9.96. The van der Waals surface area contributed by atoms with Gasteiger partial charge in [0.2, 0.25) is 0 Å². The van der Waals surface area contributed by atoms with E-state index in [1.165, 1.54) is 6.07 Å². The summed E-state index contributed by atoms with van der Waals surface area (Å²) in [4.78, 5) is 4.67. The Hall–Kier alpha value is -4.96. The molecule has 248 valence electrons. The molecule has 0 aliphatic heterocycles. The Morgan fingerprint density at radius 2 is 1.63 bits per heavy atom. The second kappa shape index (κ2) is 16.0. The molecule has 0 atom stereocenters. The Bertz CT molecular complexity index is 2200. The largest absolute Gasteiger partial charge is 0.861 e. The van der Waals surface area contributed by atoms with Crippen molar-refractivity contribution in [3.63, 3.8) is 0 Å². The molecule has 2 aromatic heterocycles. The summed E-state index contributed by atoms with van der Waals surface area (Å²) in [6, 6.07) is 36.2. The highest BCUT2D eigenvalue weighted by Crippen LogP contribution is 2.27. The number of aromatic nitrogens is 1. The molecule has 0 spiro atoms. The van der Waals surface area contributed by atoms with Gasteiger partial charge < -0.3 is 14.6 Å². The van der Waals surface area contributed by atoms with Crippen molar-refractivity contribution in [3.05, 3.63) is 142 Å². The van der Waals surface area contributed by atoms with Gasteiger partial charge in [0, 0.05) is 16.8 Å². The van der Waals surface area contributed by atoms with Crippen LogP contribution in [0.15, 0.2) is 129 Å². The average molecular weight is 708 g/mol. The van der Waals surface area contributed by atoms with Gasteiger partial charge in [0.15, 0.2) is 0 Å². The number of halogens is 1. The van der Waals surface area contributed by atoms with E-state index in [-0.39, 0.29) is 10.6 Å². The van der Waals surface area contributed by atoms with E-state index in [0.717, 1.165) is 61.7 Å². The summed E-state index contributed by atoms with van der Waals surface area (Å²) < 4.78 is 40.1. The molecule has 7 nitrogen and oxygen atoms in total.